The molecular weight excluding hydrogens is 464 g/mol. The summed E-state index contributed by atoms with van der Waals surface area (Å²) in [6.45, 7) is 3.52. The number of sulfone groups is 1. The van der Waals surface area contributed by atoms with E-state index in [-0.39, 0.29) is 36.6 Å². The molecule has 0 saturated carbocycles. The predicted octanol–water partition coefficient (Wildman–Crippen LogP) is 3.49. The molecule has 1 aromatic carbocycles. The lowest BCUT2D eigenvalue weighted by atomic mass is 10.0. The molecule has 4 rings (SSSR count). The number of amides is 2. The van der Waals surface area contributed by atoms with Crippen molar-refractivity contribution in [3.63, 3.8) is 0 Å². The molecule has 2 amide bonds. The Labute approximate surface area is 198 Å². The summed E-state index contributed by atoms with van der Waals surface area (Å²) in [5.74, 6) is 0.584. The van der Waals surface area contributed by atoms with Gasteiger partial charge in [0.2, 0.25) is 5.91 Å². The van der Waals surface area contributed by atoms with Crippen LogP contribution >= 0.6 is 11.6 Å². The summed E-state index contributed by atoms with van der Waals surface area (Å²) >= 11 is 5.83. The first-order chi connectivity index (χ1) is 15.7. The highest BCUT2D eigenvalue weighted by molar-refractivity contribution is 7.94. The van der Waals surface area contributed by atoms with Crippen LogP contribution < -0.4 is 0 Å². The summed E-state index contributed by atoms with van der Waals surface area (Å²) in [7, 11) is -3.40. The van der Waals surface area contributed by atoms with Gasteiger partial charge in [-0.15, -0.1) is 0 Å². The number of aryl methyl sites for hydroxylation is 1. The van der Waals surface area contributed by atoms with E-state index in [1.54, 1.807) is 39.9 Å². The van der Waals surface area contributed by atoms with Crippen LogP contribution in [0, 0.1) is 6.92 Å². The molecule has 176 valence electrons. The van der Waals surface area contributed by atoms with Gasteiger partial charge in [-0.25, -0.2) is 18.2 Å². The molecule has 0 spiro atoms. The lowest BCUT2D eigenvalue weighted by Gasteiger charge is -2.36. The van der Waals surface area contributed by atoms with Gasteiger partial charge in [0.25, 0.3) is 0 Å². The summed E-state index contributed by atoms with van der Waals surface area (Å²) in [6.07, 6.45) is 5.18. The van der Waals surface area contributed by atoms with Crippen molar-refractivity contribution in [3.8, 4) is 0 Å². The Morgan fingerprint density at radius 2 is 1.91 bits per heavy atom. The highest BCUT2D eigenvalue weighted by Crippen LogP contribution is 2.26. The second-order valence-corrected chi connectivity index (χ2v) is 10.9. The maximum Gasteiger partial charge on any atom is 0.330 e. The summed E-state index contributed by atoms with van der Waals surface area (Å²) in [5.41, 5.74) is 1.65. The maximum atomic E-state index is 12.7. The Morgan fingerprint density at radius 1 is 1.21 bits per heavy atom. The molecule has 2 aliphatic heterocycles. The van der Waals surface area contributed by atoms with E-state index in [1.807, 2.05) is 11.8 Å². The number of likely N-dealkylation sites (tertiary alicyclic amines) is 1. The van der Waals surface area contributed by atoms with Gasteiger partial charge in [0.05, 0.1) is 24.2 Å². The van der Waals surface area contributed by atoms with Gasteiger partial charge < -0.3 is 9.80 Å². The van der Waals surface area contributed by atoms with Crippen LogP contribution in [-0.2, 0) is 21.2 Å². The van der Waals surface area contributed by atoms with Crippen LogP contribution in [0.2, 0.25) is 5.02 Å². The highest BCUT2D eigenvalue weighted by Gasteiger charge is 2.36. The number of carbonyl (C=O) groups excluding carboxylic acids is 2. The standard InChI is InChI=1S/C23H27ClN4O4S/c1-17-25-15-21-16-27(23(30)28(17)21)20-8-11-26(12-9-20)22(29)3-2-13-33(31,32)14-10-18-4-6-19(24)7-5-18/h4-7,10,14-15,20H,2-3,8-9,11-13,16H2,1H3. The fourth-order valence-corrected chi connectivity index (χ4v) is 5.53. The highest BCUT2D eigenvalue weighted by atomic mass is 35.5. The van der Waals surface area contributed by atoms with E-state index < -0.39 is 9.84 Å². The number of rotatable bonds is 7. The van der Waals surface area contributed by atoms with Gasteiger partial charge in [-0.1, -0.05) is 23.7 Å². The lowest BCUT2D eigenvalue weighted by molar-refractivity contribution is -0.132. The van der Waals surface area contributed by atoms with E-state index in [0.29, 0.717) is 30.5 Å². The average Bonchev–Trinajstić information content (AvgIpc) is 3.33. The fraction of sp³-hybridized carbons (Fsp3) is 0.435. The third-order valence-corrected chi connectivity index (χ3v) is 7.86. The van der Waals surface area contributed by atoms with Gasteiger partial charge in [0, 0.05) is 36.0 Å². The Hall–Kier alpha value is -2.65. The molecule has 0 atom stereocenters. The van der Waals surface area contributed by atoms with Gasteiger partial charge >= 0.3 is 6.03 Å². The molecule has 1 fully saturated rings. The topological polar surface area (TPSA) is 92.6 Å². The second kappa shape index (κ2) is 9.69. The monoisotopic (exact) mass is 490 g/mol. The van der Waals surface area contributed by atoms with Crippen molar-refractivity contribution in [1.82, 2.24) is 19.4 Å². The molecule has 2 aromatic rings. The minimum atomic E-state index is -3.40. The SMILES string of the molecule is Cc1ncc2n1C(=O)N(C1CCN(C(=O)CCCS(=O)(=O)C=Cc3ccc(Cl)cc3)CC1)C2. The molecule has 10 heteroatoms. The molecule has 1 aromatic heterocycles. The molecule has 0 bridgehead atoms. The van der Waals surface area contributed by atoms with Gasteiger partial charge in [-0.3, -0.25) is 9.36 Å². The molecular formula is C23H27ClN4O4S. The van der Waals surface area contributed by atoms with Crippen molar-refractivity contribution in [3.05, 3.63) is 58.0 Å². The zero-order valence-corrected chi connectivity index (χ0v) is 20.1. The van der Waals surface area contributed by atoms with Gasteiger partial charge in [0.1, 0.15) is 5.82 Å². The molecule has 0 radical (unpaired) electrons. The van der Waals surface area contributed by atoms with E-state index in [0.717, 1.165) is 24.1 Å². The third-order valence-electron chi connectivity index (χ3n) is 6.20. The number of halogens is 1. The summed E-state index contributed by atoms with van der Waals surface area (Å²) in [5, 5.41) is 1.78. The summed E-state index contributed by atoms with van der Waals surface area (Å²) < 4.78 is 26.2. The minimum absolute atomic E-state index is 0.0376. The number of carbonyl (C=O) groups is 2. The van der Waals surface area contributed by atoms with E-state index in [4.69, 9.17) is 11.6 Å². The number of benzene rings is 1. The Bertz CT molecular complexity index is 1170. The largest absolute Gasteiger partial charge is 0.343 e. The maximum absolute atomic E-state index is 12.7. The zero-order valence-electron chi connectivity index (χ0n) is 18.5. The van der Waals surface area contributed by atoms with Crippen LogP contribution in [0.15, 0.2) is 35.9 Å². The smallest absolute Gasteiger partial charge is 0.330 e. The van der Waals surface area contributed by atoms with Gasteiger partial charge in [-0.2, -0.15) is 0 Å². The van der Waals surface area contributed by atoms with E-state index in [1.165, 1.54) is 11.5 Å². The van der Waals surface area contributed by atoms with Crippen LogP contribution in [0.4, 0.5) is 4.79 Å². The second-order valence-electron chi connectivity index (χ2n) is 8.48. The van der Waals surface area contributed by atoms with Crippen LogP contribution in [0.25, 0.3) is 6.08 Å². The van der Waals surface area contributed by atoms with Crippen molar-refractivity contribution >= 4 is 39.5 Å². The quantitative estimate of drug-likeness (QED) is 0.592. The molecule has 0 N–H and O–H groups in total. The van der Waals surface area contributed by atoms with Crippen molar-refractivity contribution in [1.29, 1.82) is 0 Å². The molecule has 0 unspecified atom stereocenters. The molecule has 3 heterocycles. The van der Waals surface area contributed by atoms with Crippen molar-refractivity contribution in [2.75, 3.05) is 18.8 Å². The van der Waals surface area contributed by atoms with Crippen molar-refractivity contribution in [2.45, 2.75) is 45.2 Å². The third kappa shape index (κ3) is 5.47. The number of aromatic nitrogens is 2. The zero-order chi connectivity index (χ0) is 23.6. The number of imidazole rings is 1. The van der Waals surface area contributed by atoms with Crippen LogP contribution in [-0.4, -0.2) is 64.6 Å². The predicted molar refractivity (Wildman–Crippen MR) is 126 cm³/mol. The first kappa shape index (κ1) is 23.5. The molecule has 1 saturated heterocycles. The summed E-state index contributed by atoms with van der Waals surface area (Å²) in [6, 6.07) is 6.94. The molecule has 0 aliphatic carbocycles. The first-order valence-electron chi connectivity index (χ1n) is 11.0. The van der Waals surface area contributed by atoms with Crippen LogP contribution in [0.1, 0.15) is 42.8 Å². The van der Waals surface area contributed by atoms with Crippen LogP contribution in [0.3, 0.4) is 0 Å². The summed E-state index contributed by atoms with van der Waals surface area (Å²) in [4.78, 5) is 33.1. The van der Waals surface area contributed by atoms with E-state index >= 15 is 0 Å². The van der Waals surface area contributed by atoms with Crippen LogP contribution in [0.5, 0.6) is 0 Å². The average molecular weight is 491 g/mol. The minimum Gasteiger partial charge on any atom is -0.343 e. The number of fused-ring (bicyclic) bond motifs is 1. The normalized spacial score (nSPS) is 17.2. The fourth-order valence-electron chi connectivity index (χ4n) is 4.35. The van der Waals surface area contributed by atoms with Gasteiger partial charge in [-0.05, 0) is 50.0 Å². The molecule has 33 heavy (non-hydrogen) atoms. The first-order valence-corrected chi connectivity index (χ1v) is 13.1. The van der Waals surface area contributed by atoms with Crippen molar-refractivity contribution < 1.29 is 18.0 Å². The molecule has 8 nitrogen and oxygen atoms in total. The number of piperidine rings is 1. The number of hydrogen-bond donors (Lipinski definition) is 0. The Balaban J connectivity index is 1.21. The van der Waals surface area contributed by atoms with Gasteiger partial charge in [0.15, 0.2) is 9.84 Å². The van der Waals surface area contributed by atoms with E-state index in [2.05, 4.69) is 4.98 Å². The Kier molecular flexibility index (Phi) is 6.90. The van der Waals surface area contributed by atoms with E-state index in [9.17, 15) is 18.0 Å². The van der Waals surface area contributed by atoms with Crippen molar-refractivity contribution in [2.24, 2.45) is 0 Å². The lowest BCUT2D eigenvalue weighted by Crippen LogP contribution is -2.47. The number of hydrogen-bond acceptors (Lipinski definition) is 5. The molecule has 2 aliphatic rings. The Morgan fingerprint density at radius 3 is 2.58 bits per heavy atom. The number of nitrogens with zero attached hydrogens (tertiary/aromatic N) is 4.